The fraction of sp³-hybridized carbons (Fsp3) is 0.238. The number of alkyl carbamates (subject to hydrolysis) is 1. The number of methoxy groups -OCH3 is 1. The molecule has 1 fully saturated rings. The van der Waals surface area contributed by atoms with Crippen molar-refractivity contribution >= 4 is 17.7 Å². The van der Waals surface area contributed by atoms with Gasteiger partial charge in [-0.15, -0.1) is 32.1 Å². The third-order valence-electron chi connectivity index (χ3n) is 6.81. The van der Waals surface area contributed by atoms with Crippen LogP contribution >= 0.6 is 0 Å². The van der Waals surface area contributed by atoms with Gasteiger partial charge in [-0.25, -0.2) is 4.79 Å². The normalized spacial score (nSPS) is 12.3. The first-order chi connectivity index (χ1) is 24.5. The monoisotopic (exact) mass is 673 g/mol. The molecular weight excluding hydrogens is 626 g/mol. The fourth-order valence-electron chi connectivity index (χ4n) is 4.36. The Labute approximate surface area is 298 Å². The minimum Gasteiger partial charge on any atom is -0.491 e. The van der Waals surface area contributed by atoms with Crippen molar-refractivity contribution in [2.45, 2.75) is 25.9 Å². The second-order valence-electron chi connectivity index (χ2n) is 10.2. The minimum absolute atomic E-state index is 0.106. The smallest absolute Gasteiger partial charge is 0.407 e. The molecule has 5 rings (SSSR count). The summed E-state index contributed by atoms with van der Waals surface area (Å²) >= 11 is 0. The zero-order chi connectivity index (χ0) is 36.8. The number of rotatable bonds is 9. The first kappa shape index (κ1) is 42.0. The van der Waals surface area contributed by atoms with E-state index in [2.05, 4.69) is 113 Å². The van der Waals surface area contributed by atoms with Crippen molar-refractivity contribution in [1.82, 2.24) is 10.6 Å². The predicted octanol–water partition coefficient (Wildman–Crippen LogP) is 6.35. The lowest BCUT2D eigenvalue weighted by Crippen LogP contribution is -2.41. The maximum absolute atomic E-state index is 11.5. The van der Waals surface area contributed by atoms with Crippen molar-refractivity contribution in [2.24, 2.45) is 0 Å². The molecule has 4 aromatic carbocycles. The average molecular weight is 674 g/mol. The Hall–Kier alpha value is -5.98. The minimum atomic E-state index is -0.621. The molecule has 0 saturated carbocycles. The van der Waals surface area contributed by atoms with E-state index in [1.807, 2.05) is 55.5 Å². The molecule has 260 valence electrons. The number of carbonyl (C=O) groups excluding carboxylic acids is 2. The number of ether oxygens (including phenoxy) is 3. The molecule has 8 heteroatoms. The molecule has 1 unspecified atom stereocenters. The number of hydrogen-bond acceptors (Lipinski definition) is 6. The fourth-order valence-corrected chi connectivity index (χ4v) is 4.36. The molecule has 8 nitrogen and oxygen atoms in total. The van der Waals surface area contributed by atoms with Crippen LogP contribution in [0, 0.1) is 38.0 Å². The van der Waals surface area contributed by atoms with E-state index in [1.54, 1.807) is 0 Å². The quantitative estimate of drug-likeness (QED) is 0.179. The Bertz CT molecular complexity index is 1530. The Morgan fingerprint density at radius 2 is 1.44 bits per heavy atom. The van der Waals surface area contributed by atoms with Gasteiger partial charge in [0.2, 0.25) is 5.91 Å². The molecule has 4 aromatic rings. The van der Waals surface area contributed by atoms with Crippen molar-refractivity contribution in [2.75, 3.05) is 45.3 Å². The van der Waals surface area contributed by atoms with Crippen molar-refractivity contribution in [3.05, 3.63) is 131 Å². The summed E-state index contributed by atoms with van der Waals surface area (Å²) in [6, 6.07) is 36.1. The van der Waals surface area contributed by atoms with E-state index in [0.717, 1.165) is 55.1 Å². The van der Waals surface area contributed by atoms with E-state index < -0.39 is 6.09 Å². The van der Waals surface area contributed by atoms with Crippen LogP contribution < -0.4 is 20.7 Å². The first-order valence-electron chi connectivity index (χ1n) is 16.0. The van der Waals surface area contributed by atoms with Crippen LogP contribution in [0.5, 0.6) is 5.75 Å². The van der Waals surface area contributed by atoms with Crippen molar-refractivity contribution in [1.29, 1.82) is 0 Å². The van der Waals surface area contributed by atoms with Gasteiger partial charge in [-0.1, -0.05) is 91.7 Å². The van der Waals surface area contributed by atoms with Crippen LogP contribution in [0.2, 0.25) is 0 Å². The second-order valence-corrected chi connectivity index (χ2v) is 10.2. The zero-order valence-corrected chi connectivity index (χ0v) is 28.8. The van der Waals surface area contributed by atoms with E-state index in [9.17, 15) is 9.59 Å². The molecule has 2 amide bonds. The lowest BCUT2D eigenvalue weighted by Gasteiger charge is -2.23. The van der Waals surface area contributed by atoms with Gasteiger partial charge in [0.15, 0.2) is 0 Å². The molecule has 0 aromatic heterocycles. The van der Waals surface area contributed by atoms with Crippen molar-refractivity contribution in [3.8, 4) is 43.8 Å². The molecule has 50 heavy (non-hydrogen) atoms. The molecule has 0 aliphatic carbocycles. The summed E-state index contributed by atoms with van der Waals surface area (Å²) < 4.78 is 15.5. The number of carbonyl (C=O) groups is 2. The Balaban J connectivity index is 0.000000359. The molecule has 0 radical (unpaired) electrons. The molecule has 1 heterocycles. The van der Waals surface area contributed by atoms with E-state index in [0.29, 0.717) is 6.61 Å². The largest absolute Gasteiger partial charge is 0.491 e. The number of aryl methyl sites for hydroxylation is 1. The predicted molar refractivity (Wildman–Crippen MR) is 203 cm³/mol. The summed E-state index contributed by atoms with van der Waals surface area (Å²) in [5.41, 5.74) is 5.43. The lowest BCUT2D eigenvalue weighted by molar-refractivity contribution is -0.115. The van der Waals surface area contributed by atoms with Gasteiger partial charge in [-0.3, -0.25) is 4.79 Å². The molecule has 0 spiro atoms. The number of amides is 2. The summed E-state index contributed by atoms with van der Waals surface area (Å²) in [7, 11) is 1.25. The van der Waals surface area contributed by atoms with Crippen LogP contribution in [-0.4, -0.2) is 58.1 Å². The van der Waals surface area contributed by atoms with Gasteiger partial charge in [-0.2, -0.15) is 0 Å². The SMILES string of the molecule is C#C.C#C.C#Cc1ccc(OCC2CNCCO2)cc1.CCc1ccccc1NC(=O)CNC(=O)OC.c1ccc(Cc2ccccc2)cc1. The van der Waals surface area contributed by atoms with Gasteiger partial charge in [0.25, 0.3) is 0 Å². The molecule has 0 bridgehead atoms. The maximum Gasteiger partial charge on any atom is 0.407 e. The van der Waals surface area contributed by atoms with Gasteiger partial charge < -0.3 is 30.2 Å². The van der Waals surface area contributed by atoms with E-state index >= 15 is 0 Å². The number of terminal acetylenes is 3. The number of hydrogen-bond donors (Lipinski definition) is 3. The van der Waals surface area contributed by atoms with Crippen molar-refractivity contribution < 1.29 is 23.8 Å². The van der Waals surface area contributed by atoms with Crippen LogP contribution in [0.25, 0.3) is 0 Å². The average Bonchev–Trinajstić information content (AvgIpc) is 3.20. The molecule has 1 aliphatic heterocycles. The number of anilines is 1. The maximum atomic E-state index is 11.5. The number of nitrogens with one attached hydrogen (secondary N) is 3. The Morgan fingerprint density at radius 3 is 1.96 bits per heavy atom. The van der Waals surface area contributed by atoms with Gasteiger partial charge in [-0.05, 0) is 59.9 Å². The highest BCUT2D eigenvalue weighted by atomic mass is 16.5. The van der Waals surface area contributed by atoms with Gasteiger partial charge >= 0.3 is 6.09 Å². The van der Waals surface area contributed by atoms with Gasteiger partial charge in [0.1, 0.15) is 25.0 Å². The Kier molecular flexibility index (Phi) is 22.7. The van der Waals surface area contributed by atoms with Gasteiger partial charge in [0, 0.05) is 24.3 Å². The van der Waals surface area contributed by atoms with Crippen LogP contribution in [0.15, 0.2) is 109 Å². The van der Waals surface area contributed by atoms with E-state index in [4.69, 9.17) is 15.9 Å². The number of benzene rings is 4. The highest BCUT2D eigenvalue weighted by Crippen LogP contribution is 2.15. The molecular formula is C42H47N3O5. The molecule has 1 aliphatic rings. The van der Waals surface area contributed by atoms with E-state index in [-0.39, 0.29) is 18.6 Å². The first-order valence-corrected chi connectivity index (χ1v) is 16.0. The standard InChI is InChI=1S/C13H15NO2.C13H12.C12H16N2O3.2C2H2/c1-2-11-3-5-12(6-4-11)16-10-13-9-14-7-8-15-13;1-3-7-12(8-4-1)11-13-9-5-2-6-10-13;1-3-9-6-4-5-7-10(9)14-11(15)8-13-12(16)17-2;2*1-2/h1,3-6,13-14H,7-10H2;1-10H,11H2;4-7H,3,8H2,1-2H3,(H,13,16)(H,14,15);2*1-2H. The van der Waals surface area contributed by atoms with Crippen LogP contribution in [-0.2, 0) is 27.1 Å². The summed E-state index contributed by atoms with van der Waals surface area (Å²) in [5, 5.41) is 8.31. The summed E-state index contributed by atoms with van der Waals surface area (Å²) in [4.78, 5) is 22.3. The van der Waals surface area contributed by atoms with Gasteiger partial charge in [0.05, 0.1) is 13.7 Å². The third-order valence-corrected chi connectivity index (χ3v) is 6.81. The highest BCUT2D eigenvalue weighted by molar-refractivity contribution is 5.94. The summed E-state index contributed by atoms with van der Waals surface area (Å²) in [5.74, 6) is 3.12. The lowest BCUT2D eigenvalue weighted by atomic mass is 10.1. The summed E-state index contributed by atoms with van der Waals surface area (Å²) in [6.07, 6.45) is 22.7. The number of morpholine rings is 1. The molecule has 1 saturated heterocycles. The third kappa shape index (κ3) is 17.8. The zero-order valence-electron chi connectivity index (χ0n) is 28.8. The Morgan fingerprint density at radius 1 is 0.860 bits per heavy atom. The highest BCUT2D eigenvalue weighted by Gasteiger charge is 2.13. The molecule has 1 atom stereocenters. The van der Waals surface area contributed by atoms with Crippen LogP contribution in [0.1, 0.15) is 29.2 Å². The van der Waals surface area contributed by atoms with Crippen LogP contribution in [0.3, 0.4) is 0 Å². The molecule has 3 N–H and O–H groups in total. The summed E-state index contributed by atoms with van der Waals surface area (Å²) in [6.45, 7) is 5.00. The number of para-hydroxylation sites is 1. The second kappa shape index (κ2) is 27.0. The van der Waals surface area contributed by atoms with E-state index in [1.165, 1.54) is 18.2 Å². The topological polar surface area (TPSA) is 97.9 Å². The van der Waals surface area contributed by atoms with Crippen LogP contribution in [0.4, 0.5) is 10.5 Å². The van der Waals surface area contributed by atoms with Crippen molar-refractivity contribution in [3.63, 3.8) is 0 Å².